The van der Waals surface area contributed by atoms with Crippen molar-refractivity contribution in [3.05, 3.63) is 41.7 Å². The van der Waals surface area contributed by atoms with E-state index in [0.717, 1.165) is 35.9 Å². The van der Waals surface area contributed by atoms with Crippen molar-refractivity contribution in [2.24, 2.45) is 0 Å². The molecule has 21 heavy (non-hydrogen) atoms. The molecule has 0 aliphatic carbocycles. The highest BCUT2D eigenvalue weighted by atomic mass is 16.5. The topological polar surface area (TPSA) is 67.3 Å². The Balaban J connectivity index is 2.15. The molecule has 5 nitrogen and oxygen atoms in total. The lowest BCUT2D eigenvalue weighted by Gasteiger charge is -2.09. The van der Waals surface area contributed by atoms with Crippen LogP contribution in [0.5, 0.6) is 11.6 Å². The van der Waals surface area contributed by atoms with Gasteiger partial charge in [0.25, 0.3) is 0 Å². The molecule has 0 unspecified atom stereocenters. The highest BCUT2D eigenvalue weighted by Gasteiger charge is 2.05. The van der Waals surface area contributed by atoms with E-state index in [9.17, 15) is 0 Å². The molecule has 0 radical (unpaired) electrons. The molecule has 1 heterocycles. The Labute approximate surface area is 125 Å². The number of aliphatic hydroxyl groups excluding tert-OH is 1. The number of nitrogens with zero attached hydrogens (tertiary/aromatic N) is 2. The third-order valence-corrected chi connectivity index (χ3v) is 2.97. The molecule has 2 rings (SSSR count). The molecule has 0 amide bonds. The van der Waals surface area contributed by atoms with Crippen LogP contribution in [0.25, 0.3) is 0 Å². The van der Waals surface area contributed by atoms with Gasteiger partial charge in [0.05, 0.1) is 0 Å². The van der Waals surface area contributed by atoms with Crippen molar-refractivity contribution in [1.29, 1.82) is 0 Å². The van der Waals surface area contributed by atoms with Crippen molar-refractivity contribution in [2.45, 2.75) is 26.7 Å². The number of aryl methyl sites for hydroxylation is 1. The van der Waals surface area contributed by atoms with Gasteiger partial charge in [0.2, 0.25) is 5.88 Å². The summed E-state index contributed by atoms with van der Waals surface area (Å²) in [5.41, 5.74) is 1.08. The zero-order valence-corrected chi connectivity index (χ0v) is 12.5. The van der Waals surface area contributed by atoms with Crippen LogP contribution in [-0.4, -0.2) is 28.2 Å². The number of rotatable bonds is 7. The van der Waals surface area contributed by atoms with Gasteiger partial charge in [-0.25, -0.2) is 4.98 Å². The van der Waals surface area contributed by atoms with Gasteiger partial charge in [-0.1, -0.05) is 19.1 Å². The molecule has 1 aromatic heterocycles. The van der Waals surface area contributed by atoms with Crippen molar-refractivity contribution < 1.29 is 9.84 Å². The van der Waals surface area contributed by atoms with E-state index in [4.69, 9.17) is 9.84 Å². The van der Waals surface area contributed by atoms with Gasteiger partial charge in [-0.15, -0.1) is 0 Å². The summed E-state index contributed by atoms with van der Waals surface area (Å²) in [4.78, 5) is 8.77. The minimum Gasteiger partial charge on any atom is -0.439 e. The van der Waals surface area contributed by atoms with E-state index >= 15 is 0 Å². The molecule has 0 aliphatic heterocycles. The van der Waals surface area contributed by atoms with Crippen molar-refractivity contribution in [1.82, 2.24) is 9.97 Å². The van der Waals surface area contributed by atoms with Gasteiger partial charge in [0.1, 0.15) is 17.4 Å². The van der Waals surface area contributed by atoms with Crippen molar-refractivity contribution in [2.75, 3.05) is 18.5 Å². The first-order valence-electron chi connectivity index (χ1n) is 7.24. The molecule has 0 spiro atoms. The molecule has 0 saturated heterocycles. The van der Waals surface area contributed by atoms with E-state index < -0.39 is 0 Å². The number of hydrogen-bond donors (Lipinski definition) is 2. The Morgan fingerprint density at radius 1 is 1.14 bits per heavy atom. The smallest absolute Gasteiger partial charge is 0.224 e. The van der Waals surface area contributed by atoms with E-state index in [1.807, 2.05) is 38.1 Å². The second kappa shape index (κ2) is 7.59. The number of aromatic nitrogens is 2. The number of benzene rings is 1. The first-order chi connectivity index (χ1) is 10.2. The Kier molecular flexibility index (Phi) is 5.51. The number of aliphatic hydroxyl groups is 1. The summed E-state index contributed by atoms with van der Waals surface area (Å²) in [7, 11) is 0. The molecular weight excluding hydrogens is 266 g/mol. The van der Waals surface area contributed by atoms with Crippen LogP contribution in [0.15, 0.2) is 30.3 Å². The molecule has 0 saturated carbocycles. The lowest BCUT2D eigenvalue weighted by Crippen LogP contribution is -2.04. The molecule has 0 aliphatic rings. The highest BCUT2D eigenvalue weighted by molar-refractivity contribution is 5.40. The van der Waals surface area contributed by atoms with Gasteiger partial charge in [-0.3, -0.25) is 0 Å². The van der Waals surface area contributed by atoms with Gasteiger partial charge in [0.15, 0.2) is 0 Å². The van der Waals surface area contributed by atoms with Crippen LogP contribution in [0.2, 0.25) is 0 Å². The summed E-state index contributed by atoms with van der Waals surface area (Å²) in [6.07, 6.45) is 1.41. The molecule has 5 heteroatoms. The summed E-state index contributed by atoms with van der Waals surface area (Å²) >= 11 is 0. The van der Waals surface area contributed by atoms with Crippen LogP contribution >= 0.6 is 0 Å². The third kappa shape index (κ3) is 4.43. The lowest BCUT2D eigenvalue weighted by atomic mass is 10.1. The molecule has 0 fully saturated rings. The molecular formula is C16H21N3O2. The fourth-order valence-electron chi connectivity index (χ4n) is 1.93. The Morgan fingerprint density at radius 2 is 1.90 bits per heavy atom. The maximum atomic E-state index is 8.91. The Hall–Kier alpha value is -2.14. The van der Waals surface area contributed by atoms with E-state index in [0.29, 0.717) is 12.3 Å². The second-order valence-corrected chi connectivity index (χ2v) is 4.61. The van der Waals surface area contributed by atoms with Gasteiger partial charge < -0.3 is 15.2 Å². The zero-order chi connectivity index (χ0) is 15.1. The Morgan fingerprint density at radius 3 is 2.52 bits per heavy atom. The minimum absolute atomic E-state index is 0.151. The van der Waals surface area contributed by atoms with Gasteiger partial charge in [-0.2, -0.15) is 4.98 Å². The van der Waals surface area contributed by atoms with E-state index in [1.165, 1.54) is 0 Å². The number of hydrogen-bond acceptors (Lipinski definition) is 5. The van der Waals surface area contributed by atoms with Crippen LogP contribution < -0.4 is 10.1 Å². The fraction of sp³-hybridized carbons (Fsp3) is 0.375. The monoisotopic (exact) mass is 287 g/mol. The first kappa shape index (κ1) is 15.3. The molecule has 2 aromatic rings. The summed E-state index contributed by atoms with van der Waals surface area (Å²) in [5.74, 6) is 2.78. The van der Waals surface area contributed by atoms with Crippen molar-refractivity contribution in [3.63, 3.8) is 0 Å². The zero-order valence-electron chi connectivity index (χ0n) is 12.5. The third-order valence-electron chi connectivity index (χ3n) is 2.97. The largest absolute Gasteiger partial charge is 0.439 e. The second-order valence-electron chi connectivity index (χ2n) is 4.61. The van der Waals surface area contributed by atoms with E-state index in [-0.39, 0.29) is 6.61 Å². The number of ether oxygens (including phenoxy) is 1. The van der Waals surface area contributed by atoms with Crippen LogP contribution in [-0.2, 0) is 12.8 Å². The number of nitrogens with one attached hydrogen (secondary N) is 1. The average Bonchev–Trinajstić information content (AvgIpc) is 2.49. The molecule has 0 atom stereocenters. The summed E-state index contributed by atoms with van der Waals surface area (Å²) in [5, 5.41) is 12.1. The first-order valence-corrected chi connectivity index (χ1v) is 7.24. The van der Waals surface area contributed by atoms with Crippen LogP contribution in [0, 0.1) is 0 Å². The van der Waals surface area contributed by atoms with Crippen LogP contribution in [0.1, 0.15) is 25.2 Å². The van der Waals surface area contributed by atoms with E-state index in [2.05, 4.69) is 15.3 Å². The highest BCUT2D eigenvalue weighted by Crippen LogP contribution is 2.22. The maximum absolute atomic E-state index is 8.91. The van der Waals surface area contributed by atoms with Crippen molar-refractivity contribution >= 4 is 5.82 Å². The summed E-state index contributed by atoms with van der Waals surface area (Å²) in [6, 6.07) is 9.44. The molecule has 1 aromatic carbocycles. The normalized spacial score (nSPS) is 10.4. The maximum Gasteiger partial charge on any atom is 0.224 e. The SMILES string of the molecule is CCNc1cc(Oc2ccc(CCO)cc2)nc(CC)n1. The predicted octanol–water partition coefficient (Wildman–Crippen LogP) is 2.80. The quantitative estimate of drug-likeness (QED) is 0.819. The van der Waals surface area contributed by atoms with Crippen molar-refractivity contribution in [3.8, 4) is 11.6 Å². The molecule has 112 valence electrons. The van der Waals surface area contributed by atoms with Crippen LogP contribution in [0.3, 0.4) is 0 Å². The summed E-state index contributed by atoms with van der Waals surface area (Å²) < 4.78 is 5.79. The fourth-order valence-corrected chi connectivity index (χ4v) is 1.93. The number of anilines is 1. The molecule has 0 bridgehead atoms. The average molecular weight is 287 g/mol. The lowest BCUT2D eigenvalue weighted by molar-refractivity contribution is 0.299. The van der Waals surface area contributed by atoms with Gasteiger partial charge >= 0.3 is 0 Å². The van der Waals surface area contributed by atoms with E-state index in [1.54, 1.807) is 6.07 Å². The molecule has 2 N–H and O–H groups in total. The predicted molar refractivity (Wildman–Crippen MR) is 82.9 cm³/mol. The van der Waals surface area contributed by atoms with Gasteiger partial charge in [-0.05, 0) is 31.0 Å². The standard InChI is InChI=1S/C16H21N3O2/c1-3-14-18-15(17-4-2)11-16(19-14)21-13-7-5-12(6-8-13)9-10-20/h5-8,11,20H,3-4,9-10H2,1-2H3,(H,17,18,19). The summed E-state index contributed by atoms with van der Waals surface area (Å²) in [6.45, 7) is 4.99. The minimum atomic E-state index is 0.151. The Bertz CT molecular complexity index is 570. The van der Waals surface area contributed by atoms with Crippen LogP contribution in [0.4, 0.5) is 5.82 Å². The van der Waals surface area contributed by atoms with Gasteiger partial charge in [0, 0.05) is 25.6 Å².